The Kier molecular flexibility index (Phi) is 8.74. The lowest BCUT2D eigenvalue weighted by molar-refractivity contribution is 0.0195. The van der Waals surface area contributed by atoms with Gasteiger partial charge in [0.1, 0.15) is 0 Å². The number of hydrogen-bond donors (Lipinski definition) is 1. The van der Waals surface area contributed by atoms with Crippen LogP contribution in [0.2, 0.25) is 0 Å². The first-order valence-electron chi connectivity index (χ1n) is 11.1. The fraction of sp³-hybridized carbons (Fsp3) is 0.565. The van der Waals surface area contributed by atoms with Crippen LogP contribution in [0.3, 0.4) is 0 Å². The summed E-state index contributed by atoms with van der Waals surface area (Å²) < 4.78 is 7.54. The summed E-state index contributed by atoms with van der Waals surface area (Å²) in [5.41, 5.74) is 4.50. The zero-order valence-electron chi connectivity index (χ0n) is 18.9. The van der Waals surface area contributed by atoms with E-state index in [0.717, 1.165) is 69.0 Å². The molecule has 2 saturated heterocycles. The highest BCUT2D eigenvalue weighted by molar-refractivity contribution is 14.0. The maximum Gasteiger partial charge on any atom is 0.194 e. The number of aromatic nitrogens is 2. The van der Waals surface area contributed by atoms with Gasteiger partial charge in [-0.2, -0.15) is 5.10 Å². The molecule has 0 amide bonds. The molecule has 170 valence electrons. The van der Waals surface area contributed by atoms with E-state index in [4.69, 9.17) is 14.8 Å². The second kappa shape index (κ2) is 11.3. The number of aryl methyl sites for hydroxylation is 1. The van der Waals surface area contributed by atoms with Crippen LogP contribution in [0, 0.1) is 13.8 Å². The Labute approximate surface area is 202 Å². The van der Waals surface area contributed by atoms with E-state index >= 15 is 0 Å². The van der Waals surface area contributed by atoms with E-state index in [1.165, 1.54) is 12.0 Å². The number of rotatable bonds is 5. The summed E-state index contributed by atoms with van der Waals surface area (Å²) in [4.78, 5) is 10.00. The SMILES string of the molecule is CCNC(=NCc1c(C)nn(-c2ccccc2)c1C)N1CCC(N2CCOCC2)C1.I. The van der Waals surface area contributed by atoms with Crippen molar-refractivity contribution in [1.29, 1.82) is 0 Å². The molecule has 2 aliphatic rings. The summed E-state index contributed by atoms with van der Waals surface area (Å²) in [7, 11) is 0. The molecule has 0 spiro atoms. The summed E-state index contributed by atoms with van der Waals surface area (Å²) in [6, 6.07) is 10.9. The number of morpholine rings is 1. The van der Waals surface area contributed by atoms with Crippen molar-refractivity contribution in [2.75, 3.05) is 45.9 Å². The van der Waals surface area contributed by atoms with Gasteiger partial charge in [-0.05, 0) is 39.3 Å². The molecule has 0 aliphatic carbocycles. The molecule has 2 aromatic rings. The first-order chi connectivity index (χ1) is 14.7. The topological polar surface area (TPSA) is 57.9 Å². The standard InChI is InChI=1S/C23H34N6O.HI/c1-4-24-23(28-11-10-21(17-28)27-12-14-30-15-13-27)25-16-22-18(2)26-29(19(22)3)20-8-6-5-7-9-20;/h5-9,21H,4,10-17H2,1-3H3,(H,24,25);1H. The van der Waals surface area contributed by atoms with Gasteiger partial charge in [-0.3, -0.25) is 4.90 Å². The van der Waals surface area contributed by atoms with E-state index < -0.39 is 0 Å². The normalized spacial score (nSPS) is 20.0. The maximum atomic E-state index is 5.52. The Balaban J connectivity index is 0.00000272. The quantitative estimate of drug-likeness (QED) is 0.361. The highest BCUT2D eigenvalue weighted by Crippen LogP contribution is 2.20. The van der Waals surface area contributed by atoms with E-state index in [1.807, 2.05) is 22.9 Å². The van der Waals surface area contributed by atoms with Gasteiger partial charge in [-0.1, -0.05) is 18.2 Å². The van der Waals surface area contributed by atoms with Crippen molar-refractivity contribution < 1.29 is 4.74 Å². The average Bonchev–Trinajstić information content (AvgIpc) is 3.38. The Bertz CT molecular complexity index is 862. The van der Waals surface area contributed by atoms with Gasteiger partial charge in [0.2, 0.25) is 0 Å². The molecular weight excluding hydrogens is 503 g/mol. The minimum Gasteiger partial charge on any atom is -0.379 e. The Morgan fingerprint density at radius 3 is 2.61 bits per heavy atom. The van der Waals surface area contributed by atoms with Crippen molar-refractivity contribution in [2.24, 2.45) is 4.99 Å². The number of aliphatic imine (C=N–C) groups is 1. The number of guanidine groups is 1. The molecule has 2 fully saturated rings. The largest absolute Gasteiger partial charge is 0.379 e. The van der Waals surface area contributed by atoms with Crippen LogP contribution in [0.25, 0.3) is 5.69 Å². The Hall–Kier alpha value is -1.65. The van der Waals surface area contributed by atoms with E-state index in [0.29, 0.717) is 12.6 Å². The molecule has 7 nitrogen and oxygen atoms in total. The van der Waals surface area contributed by atoms with Crippen LogP contribution in [-0.2, 0) is 11.3 Å². The first-order valence-corrected chi connectivity index (χ1v) is 11.1. The minimum atomic E-state index is 0. The summed E-state index contributed by atoms with van der Waals surface area (Å²) >= 11 is 0. The van der Waals surface area contributed by atoms with Gasteiger partial charge in [-0.25, -0.2) is 9.67 Å². The van der Waals surface area contributed by atoms with E-state index in [2.05, 4.69) is 48.0 Å². The lowest BCUT2D eigenvalue weighted by Gasteiger charge is -2.32. The second-order valence-electron chi connectivity index (χ2n) is 8.10. The lowest BCUT2D eigenvalue weighted by atomic mass is 10.2. The summed E-state index contributed by atoms with van der Waals surface area (Å²) in [5.74, 6) is 1.01. The van der Waals surface area contributed by atoms with Crippen LogP contribution in [0.4, 0.5) is 0 Å². The van der Waals surface area contributed by atoms with Crippen LogP contribution >= 0.6 is 24.0 Å². The molecular formula is C23H35IN6O. The van der Waals surface area contributed by atoms with Gasteiger partial charge in [-0.15, -0.1) is 24.0 Å². The Morgan fingerprint density at radius 2 is 1.90 bits per heavy atom. The molecule has 1 atom stereocenters. The van der Waals surface area contributed by atoms with Gasteiger partial charge >= 0.3 is 0 Å². The van der Waals surface area contributed by atoms with Crippen LogP contribution in [-0.4, -0.2) is 77.5 Å². The van der Waals surface area contributed by atoms with E-state index in [9.17, 15) is 0 Å². The molecule has 1 N–H and O–H groups in total. The van der Waals surface area contributed by atoms with Gasteiger partial charge < -0.3 is 15.0 Å². The van der Waals surface area contributed by atoms with Crippen molar-refractivity contribution in [3.05, 3.63) is 47.3 Å². The lowest BCUT2D eigenvalue weighted by Crippen LogP contribution is -2.46. The second-order valence-corrected chi connectivity index (χ2v) is 8.10. The molecule has 0 saturated carbocycles. The number of para-hydroxylation sites is 1. The molecule has 0 radical (unpaired) electrons. The van der Waals surface area contributed by atoms with Crippen molar-refractivity contribution in [3.63, 3.8) is 0 Å². The molecule has 0 bridgehead atoms. The number of halogens is 1. The smallest absolute Gasteiger partial charge is 0.194 e. The third-order valence-electron chi connectivity index (χ3n) is 6.19. The van der Waals surface area contributed by atoms with Crippen molar-refractivity contribution in [3.8, 4) is 5.69 Å². The number of nitrogens with one attached hydrogen (secondary N) is 1. The van der Waals surface area contributed by atoms with Crippen LogP contribution in [0.5, 0.6) is 0 Å². The fourth-order valence-electron chi connectivity index (χ4n) is 4.48. The molecule has 1 aromatic carbocycles. The van der Waals surface area contributed by atoms with Crippen LogP contribution < -0.4 is 5.32 Å². The predicted octanol–water partition coefficient (Wildman–Crippen LogP) is 2.98. The fourth-order valence-corrected chi connectivity index (χ4v) is 4.48. The first kappa shape index (κ1) is 24.0. The van der Waals surface area contributed by atoms with E-state index in [1.54, 1.807) is 0 Å². The van der Waals surface area contributed by atoms with Crippen molar-refractivity contribution >= 4 is 29.9 Å². The van der Waals surface area contributed by atoms with Crippen LogP contribution in [0.15, 0.2) is 35.3 Å². The predicted molar refractivity (Wildman–Crippen MR) is 136 cm³/mol. The molecule has 31 heavy (non-hydrogen) atoms. The van der Waals surface area contributed by atoms with Crippen LogP contribution in [0.1, 0.15) is 30.3 Å². The van der Waals surface area contributed by atoms with Crippen molar-refractivity contribution in [2.45, 2.75) is 39.8 Å². The monoisotopic (exact) mass is 538 g/mol. The maximum absolute atomic E-state index is 5.52. The molecule has 1 aromatic heterocycles. The Morgan fingerprint density at radius 1 is 1.16 bits per heavy atom. The average molecular weight is 538 g/mol. The summed E-state index contributed by atoms with van der Waals surface area (Å²) in [5, 5.41) is 8.27. The zero-order chi connectivity index (χ0) is 20.9. The van der Waals surface area contributed by atoms with Crippen molar-refractivity contribution in [1.82, 2.24) is 24.9 Å². The highest BCUT2D eigenvalue weighted by atomic mass is 127. The molecule has 1 unspecified atom stereocenters. The third-order valence-corrected chi connectivity index (χ3v) is 6.19. The number of hydrogen-bond acceptors (Lipinski definition) is 4. The molecule has 3 heterocycles. The zero-order valence-corrected chi connectivity index (χ0v) is 21.2. The molecule has 8 heteroatoms. The minimum absolute atomic E-state index is 0. The van der Waals surface area contributed by atoms with Gasteiger partial charge in [0, 0.05) is 50.0 Å². The summed E-state index contributed by atoms with van der Waals surface area (Å²) in [6.45, 7) is 13.8. The third kappa shape index (κ3) is 5.59. The van der Waals surface area contributed by atoms with Gasteiger partial charge in [0.15, 0.2) is 5.96 Å². The molecule has 2 aliphatic heterocycles. The highest BCUT2D eigenvalue weighted by Gasteiger charge is 2.30. The number of benzene rings is 1. The summed E-state index contributed by atoms with van der Waals surface area (Å²) in [6.07, 6.45) is 1.19. The number of likely N-dealkylation sites (tertiary alicyclic amines) is 1. The molecule has 4 rings (SSSR count). The number of ether oxygens (including phenoxy) is 1. The van der Waals surface area contributed by atoms with E-state index in [-0.39, 0.29) is 24.0 Å². The van der Waals surface area contributed by atoms with Gasteiger partial charge in [0.25, 0.3) is 0 Å². The van der Waals surface area contributed by atoms with Gasteiger partial charge in [0.05, 0.1) is 31.1 Å². The number of nitrogens with zero attached hydrogens (tertiary/aromatic N) is 5.